The fraction of sp³-hybridized carbons (Fsp3) is 0.348. The van der Waals surface area contributed by atoms with Gasteiger partial charge in [0, 0.05) is 13.5 Å². The van der Waals surface area contributed by atoms with Crippen molar-refractivity contribution < 1.29 is 19.1 Å². The van der Waals surface area contributed by atoms with Crippen molar-refractivity contribution in [2.24, 2.45) is 5.92 Å². The number of fused-ring (bicyclic) bond motifs is 2. The lowest BCUT2D eigenvalue weighted by molar-refractivity contribution is -0.159. The van der Waals surface area contributed by atoms with Gasteiger partial charge in [0.2, 0.25) is 18.6 Å². The molecular formula is C23H21N3O4. The average Bonchev–Trinajstić information content (AvgIpc) is 3.40. The zero-order chi connectivity index (χ0) is 20.8. The molecule has 2 saturated heterocycles. The highest BCUT2D eigenvalue weighted by molar-refractivity contribution is 5.98. The fourth-order valence-corrected chi connectivity index (χ4v) is 4.78. The van der Waals surface area contributed by atoms with Crippen LogP contribution < -0.4 is 9.47 Å². The zero-order valence-electron chi connectivity index (χ0n) is 16.5. The molecule has 5 rings (SSSR count). The molecule has 152 valence electrons. The van der Waals surface area contributed by atoms with E-state index < -0.39 is 24.0 Å². The first-order valence-electron chi connectivity index (χ1n) is 10.0. The summed E-state index contributed by atoms with van der Waals surface area (Å²) in [5.41, 5.74) is 1.78. The fourth-order valence-electron chi connectivity index (χ4n) is 4.78. The number of rotatable bonds is 3. The summed E-state index contributed by atoms with van der Waals surface area (Å²) in [6, 6.07) is 15.8. The maximum atomic E-state index is 13.6. The standard InChI is InChI=1S/C23H21N3O4/c1-25-17(9-14-5-3-2-4-6-14)23(28)26-18(22(25)27)10-16(12-24)21(26)15-7-8-19-20(11-15)30-13-29-19/h2-8,11,16-18,21H,9-10,13H2,1H3. The Bertz CT molecular complexity index is 1050. The molecule has 0 N–H and O–H groups in total. The molecule has 30 heavy (non-hydrogen) atoms. The van der Waals surface area contributed by atoms with Gasteiger partial charge < -0.3 is 19.3 Å². The third-order valence-electron chi connectivity index (χ3n) is 6.31. The maximum absolute atomic E-state index is 13.6. The van der Waals surface area contributed by atoms with Crippen LogP contribution in [0.15, 0.2) is 48.5 Å². The third kappa shape index (κ3) is 2.79. The Labute approximate surface area is 174 Å². The summed E-state index contributed by atoms with van der Waals surface area (Å²) in [5, 5.41) is 9.81. The molecule has 7 nitrogen and oxygen atoms in total. The Morgan fingerprint density at radius 1 is 1.07 bits per heavy atom. The van der Waals surface area contributed by atoms with E-state index in [2.05, 4.69) is 6.07 Å². The van der Waals surface area contributed by atoms with Crippen molar-refractivity contribution in [3.63, 3.8) is 0 Å². The highest BCUT2D eigenvalue weighted by atomic mass is 16.7. The lowest BCUT2D eigenvalue weighted by atomic mass is 9.94. The van der Waals surface area contributed by atoms with E-state index in [1.54, 1.807) is 22.9 Å². The number of piperazine rings is 1. The number of nitriles is 1. The van der Waals surface area contributed by atoms with Crippen LogP contribution in [0.5, 0.6) is 11.5 Å². The van der Waals surface area contributed by atoms with Gasteiger partial charge in [-0.2, -0.15) is 5.26 Å². The SMILES string of the molecule is CN1C(=O)C2CC(C#N)C(c3ccc4c(c3)OCO4)N2C(=O)C1Cc1ccccc1. The molecule has 7 heteroatoms. The first-order chi connectivity index (χ1) is 14.6. The minimum absolute atomic E-state index is 0.112. The topological polar surface area (TPSA) is 82.9 Å². The number of carbonyl (C=O) groups is 2. The highest BCUT2D eigenvalue weighted by Crippen LogP contribution is 2.46. The Balaban J connectivity index is 1.52. The molecule has 2 aromatic carbocycles. The van der Waals surface area contributed by atoms with E-state index in [0.717, 1.165) is 11.1 Å². The van der Waals surface area contributed by atoms with Crippen LogP contribution in [-0.2, 0) is 16.0 Å². The van der Waals surface area contributed by atoms with Crippen LogP contribution in [0.25, 0.3) is 0 Å². The molecule has 4 atom stereocenters. The summed E-state index contributed by atoms with van der Waals surface area (Å²) >= 11 is 0. The van der Waals surface area contributed by atoms with Crippen molar-refractivity contribution in [1.29, 1.82) is 5.26 Å². The molecule has 0 spiro atoms. The summed E-state index contributed by atoms with van der Waals surface area (Å²) in [6.07, 6.45) is 0.777. The zero-order valence-corrected chi connectivity index (χ0v) is 16.5. The number of hydrogen-bond donors (Lipinski definition) is 0. The van der Waals surface area contributed by atoms with Gasteiger partial charge >= 0.3 is 0 Å². The minimum atomic E-state index is -0.616. The van der Waals surface area contributed by atoms with Gasteiger partial charge in [-0.1, -0.05) is 36.4 Å². The van der Waals surface area contributed by atoms with E-state index in [0.29, 0.717) is 24.3 Å². The van der Waals surface area contributed by atoms with E-state index in [-0.39, 0.29) is 18.6 Å². The molecule has 2 fully saturated rings. The van der Waals surface area contributed by atoms with Crippen LogP contribution in [-0.4, -0.2) is 47.5 Å². The second-order valence-electron chi connectivity index (χ2n) is 7.94. The number of carbonyl (C=O) groups excluding carboxylic acids is 2. The molecule has 2 amide bonds. The Kier molecular flexibility index (Phi) is 4.35. The number of likely N-dealkylation sites (N-methyl/N-ethyl adjacent to an activating group) is 1. The van der Waals surface area contributed by atoms with Gasteiger partial charge in [0.05, 0.1) is 18.0 Å². The lowest BCUT2D eigenvalue weighted by Crippen LogP contribution is -2.62. The molecule has 3 aliphatic rings. The molecule has 0 bridgehead atoms. The molecule has 4 unspecified atom stereocenters. The van der Waals surface area contributed by atoms with Crippen molar-refractivity contribution in [3.8, 4) is 17.6 Å². The second kappa shape index (κ2) is 7.06. The van der Waals surface area contributed by atoms with Crippen LogP contribution in [0, 0.1) is 17.2 Å². The van der Waals surface area contributed by atoms with Crippen molar-refractivity contribution in [2.45, 2.75) is 31.0 Å². The van der Waals surface area contributed by atoms with Crippen molar-refractivity contribution in [1.82, 2.24) is 9.80 Å². The van der Waals surface area contributed by atoms with Gasteiger partial charge in [-0.3, -0.25) is 9.59 Å². The normalized spacial score (nSPS) is 27.2. The monoisotopic (exact) mass is 403 g/mol. The summed E-state index contributed by atoms with van der Waals surface area (Å²) in [4.78, 5) is 30.0. The molecular weight excluding hydrogens is 382 g/mol. The average molecular weight is 403 g/mol. The smallest absolute Gasteiger partial charge is 0.246 e. The molecule has 0 saturated carbocycles. The Morgan fingerprint density at radius 2 is 1.83 bits per heavy atom. The van der Waals surface area contributed by atoms with E-state index in [1.807, 2.05) is 42.5 Å². The predicted octanol–water partition coefficient (Wildman–Crippen LogP) is 2.28. The number of amides is 2. The van der Waals surface area contributed by atoms with Crippen LogP contribution in [0.1, 0.15) is 23.6 Å². The second-order valence-corrected chi connectivity index (χ2v) is 7.94. The van der Waals surface area contributed by atoms with Crippen LogP contribution in [0.2, 0.25) is 0 Å². The van der Waals surface area contributed by atoms with Crippen LogP contribution in [0.3, 0.4) is 0 Å². The lowest BCUT2D eigenvalue weighted by Gasteiger charge is -2.42. The van der Waals surface area contributed by atoms with Gasteiger partial charge in [0.25, 0.3) is 0 Å². The summed E-state index contributed by atoms with van der Waals surface area (Å²) in [5.74, 6) is 0.545. The van der Waals surface area contributed by atoms with Gasteiger partial charge in [-0.25, -0.2) is 0 Å². The quantitative estimate of drug-likeness (QED) is 0.785. The van der Waals surface area contributed by atoms with E-state index in [9.17, 15) is 14.9 Å². The van der Waals surface area contributed by atoms with Gasteiger partial charge in [-0.15, -0.1) is 0 Å². The molecule has 0 aromatic heterocycles. The summed E-state index contributed by atoms with van der Waals surface area (Å²) in [6.45, 7) is 0.152. The number of nitrogens with zero attached hydrogens (tertiary/aromatic N) is 3. The minimum Gasteiger partial charge on any atom is -0.454 e. The predicted molar refractivity (Wildman–Crippen MR) is 106 cm³/mol. The van der Waals surface area contributed by atoms with E-state index >= 15 is 0 Å². The van der Waals surface area contributed by atoms with Crippen molar-refractivity contribution >= 4 is 11.8 Å². The van der Waals surface area contributed by atoms with Gasteiger partial charge in [0.1, 0.15) is 12.1 Å². The molecule has 0 aliphatic carbocycles. The van der Waals surface area contributed by atoms with E-state index in [1.165, 1.54) is 0 Å². The van der Waals surface area contributed by atoms with Crippen LogP contribution in [0.4, 0.5) is 0 Å². The third-order valence-corrected chi connectivity index (χ3v) is 6.31. The number of benzene rings is 2. The van der Waals surface area contributed by atoms with Crippen molar-refractivity contribution in [3.05, 3.63) is 59.7 Å². The first kappa shape index (κ1) is 18.5. The number of ether oxygens (including phenoxy) is 2. The van der Waals surface area contributed by atoms with Gasteiger partial charge in [-0.05, 0) is 29.7 Å². The molecule has 0 radical (unpaired) electrons. The summed E-state index contributed by atoms with van der Waals surface area (Å²) < 4.78 is 10.9. The molecule has 2 aromatic rings. The van der Waals surface area contributed by atoms with Gasteiger partial charge in [0.15, 0.2) is 11.5 Å². The Hall–Kier alpha value is -3.53. The maximum Gasteiger partial charge on any atom is 0.246 e. The molecule has 3 aliphatic heterocycles. The molecule has 3 heterocycles. The van der Waals surface area contributed by atoms with E-state index in [4.69, 9.17) is 9.47 Å². The first-order valence-corrected chi connectivity index (χ1v) is 10.0. The largest absolute Gasteiger partial charge is 0.454 e. The van der Waals surface area contributed by atoms with Crippen molar-refractivity contribution in [2.75, 3.05) is 13.8 Å². The number of hydrogen-bond acceptors (Lipinski definition) is 5. The summed E-state index contributed by atoms with van der Waals surface area (Å²) in [7, 11) is 1.68. The van der Waals surface area contributed by atoms with Crippen LogP contribution >= 0.6 is 0 Å². The Morgan fingerprint density at radius 3 is 2.60 bits per heavy atom. The highest BCUT2D eigenvalue weighted by Gasteiger charge is 2.54.